The van der Waals surface area contributed by atoms with Gasteiger partial charge in [-0.1, -0.05) is 25.1 Å². The van der Waals surface area contributed by atoms with Crippen LogP contribution >= 0.6 is 0 Å². The lowest BCUT2D eigenvalue weighted by atomic mass is 10.1. The minimum Gasteiger partial charge on any atom is -0.480 e. The van der Waals surface area contributed by atoms with E-state index >= 15 is 0 Å². The smallest absolute Gasteiger partial charge is 0.326 e. The molecule has 0 heterocycles. The van der Waals surface area contributed by atoms with E-state index in [4.69, 9.17) is 5.11 Å². The molecule has 0 aromatic heterocycles. The summed E-state index contributed by atoms with van der Waals surface area (Å²) in [5.74, 6) is -0.771. The summed E-state index contributed by atoms with van der Waals surface area (Å²) in [6.45, 7) is 5.91. The van der Waals surface area contributed by atoms with Crippen molar-refractivity contribution in [2.45, 2.75) is 33.2 Å². The Bertz CT molecular complexity index is 367. The van der Waals surface area contributed by atoms with Gasteiger partial charge in [0.25, 0.3) is 0 Å². The molecule has 0 amide bonds. The topological polar surface area (TPSA) is 40.5 Å². The number of benzene rings is 1. The summed E-state index contributed by atoms with van der Waals surface area (Å²) >= 11 is 0. The van der Waals surface area contributed by atoms with E-state index in [1.807, 2.05) is 50.9 Å². The monoisotopic (exact) mass is 221 g/mol. The van der Waals surface area contributed by atoms with Gasteiger partial charge < -0.3 is 10.0 Å². The predicted molar refractivity (Wildman–Crippen MR) is 66.0 cm³/mol. The van der Waals surface area contributed by atoms with Crippen molar-refractivity contribution in [3.05, 3.63) is 29.3 Å². The van der Waals surface area contributed by atoms with Crippen molar-refractivity contribution in [1.82, 2.24) is 0 Å². The Labute approximate surface area is 96.7 Å². The Morgan fingerprint density at radius 3 is 2.25 bits per heavy atom. The maximum Gasteiger partial charge on any atom is 0.326 e. The first-order valence-corrected chi connectivity index (χ1v) is 5.50. The van der Waals surface area contributed by atoms with E-state index in [-0.39, 0.29) is 0 Å². The van der Waals surface area contributed by atoms with Gasteiger partial charge in [-0.15, -0.1) is 0 Å². The molecule has 0 bridgehead atoms. The Morgan fingerprint density at radius 2 is 1.88 bits per heavy atom. The fourth-order valence-electron chi connectivity index (χ4n) is 2.13. The summed E-state index contributed by atoms with van der Waals surface area (Å²) in [6.07, 6.45) is 0.597. The molecule has 0 aliphatic rings. The molecule has 0 spiro atoms. The molecule has 0 fully saturated rings. The lowest BCUT2D eigenvalue weighted by Crippen LogP contribution is -2.38. The van der Waals surface area contributed by atoms with Gasteiger partial charge in [0, 0.05) is 12.7 Å². The Morgan fingerprint density at radius 1 is 1.38 bits per heavy atom. The van der Waals surface area contributed by atoms with Gasteiger partial charge in [-0.05, 0) is 31.4 Å². The standard InChI is InChI=1S/C13H19NO2/c1-5-11(13(15)16)14(4)12-9(2)7-6-8-10(12)3/h6-8,11H,5H2,1-4H3,(H,15,16). The number of aliphatic carboxylic acids is 1. The van der Waals surface area contributed by atoms with Gasteiger partial charge in [-0.25, -0.2) is 4.79 Å². The molecule has 0 radical (unpaired) electrons. The highest BCUT2D eigenvalue weighted by molar-refractivity contribution is 5.79. The number of carboxylic acid groups (broad SMARTS) is 1. The zero-order valence-electron chi connectivity index (χ0n) is 10.3. The van der Waals surface area contributed by atoms with Crippen molar-refractivity contribution in [3.8, 4) is 0 Å². The number of hydrogen-bond acceptors (Lipinski definition) is 2. The second-order valence-electron chi connectivity index (χ2n) is 4.11. The number of nitrogens with zero attached hydrogens (tertiary/aromatic N) is 1. The van der Waals surface area contributed by atoms with E-state index in [0.29, 0.717) is 6.42 Å². The van der Waals surface area contributed by atoms with Crippen LogP contribution in [0.1, 0.15) is 24.5 Å². The van der Waals surface area contributed by atoms with Crippen LogP contribution in [0, 0.1) is 13.8 Å². The molecular weight excluding hydrogens is 202 g/mol. The van der Waals surface area contributed by atoms with E-state index < -0.39 is 12.0 Å². The first-order chi connectivity index (χ1) is 7.49. The summed E-state index contributed by atoms with van der Waals surface area (Å²) in [6, 6.07) is 5.55. The molecule has 1 aromatic carbocycles. The third-order valence-electron chi connectivity index (χ3n) is 2.93. The molecule has 0 aliphatic heterocycles. The van der Waals surface area contributed by atoms with Crippen molar-refractivity contribution < 1.29 is 9.90 Å². The Balaban J connectivity index is 3.12. The molecule has 0 saturated carbocycles. The SMILES string of the molecule is CCC(C(=O)O)N(C)c1c(C)cccc1C. The Kier molecular flexibility index (Phi) is 3.93. The fraction of sp³-hybridized carbons (Fsp3) is 0.462. The van der Waals surface area contributed by atoms with Gasteiger partial charge >= 0.3 is 5.97 Å². The maximum absolute atomic E-state index is 11.1. The number of para-hydroxylation sites is 1. The molecule has 0 aliphatic carbocycles. The van der Waals surface area contributed by atoms with E-state index in [2.05, 4.69) is 0 Å². The zero-order valence-corrected chi connectivity index (χ0v) is 10.3. The van der Waals surface area contributed by atoms with Crippen molar-refractivity contribution in [2.75, 3.05) is 11.9 Å². The van der Waals surface area contributed by atoms with Crippen LogP contribution in [0.3, 0.4) is 0 Å². The molecule has 1 aromatic rings. The van der Waals surface area contributed by atoms with Crippen LogP contribution in [0.2, 0.25) is 0 Å². The van der Waals surface area contributed by atoms with Crippen LogP contribution in [-0.2, 0) is 4.79 Å². The highest BCUT2D eigenvalue weighted by Crippen LogP contribution is 2.25. The molecule has 1 N–H and O–H groups in total. The van der Waals surface area contributed by atoms with Gasteiger partial charge in [-0.2, -0.15) is 0 Å². The second-order valence-corrected chi connectivity index (χ2v) is 4.11. The van der Waals surface area contributed by atoms with Crippen LogP contribution in [0.25, 0.3) is 0 Å². The normalized spacial score (nSPS) is 12.2. The lowest BCUT2D eigenvalue weighted by Gasteiger charge is -2.28. The van der Waals surface area contributed by atoms with Crippen molar-refractivity contribution in [3.63, 3.8) is 0 Å². The predicted octanol–water partition coefficient (Wildman–Crippen LogP) is 2.60. The molecular formula is C13H19NO2. The third-order valence-corrected chi connectivity index (χ3v) is 2.93. The van der Waals surface area contributed by atoms with Crippen LogP contribution in [0.15, 0.2) is 18.2 Å². The van der Waals surface area contributed by atoms with Gasteiger partial charge in [0.05, 0.1) is 0 Å². The van der Waals surface area contributed by atoms with E-state index in [9.17, 15) is 4.79 Å². The molecule has 1 unspecified atom stereocenters. The average molecular weight is 221 g/mol. The number of likely N-dealkylation sites (N-methyl/N-ethyl adjacent to an activating group) is 1. The second kappa shape index (κ2) is 5.01. The molecule has 3 nitrogen and oxygen atoms in total. The molecule has 1 atom stereocenters. The molecule has 1 rings (SSSR count). The third kappa shape index (κ3) is 2.35. The first kappa shape index (κ1) is 12.6. The maximum atomic E-state index is 11.1. The highest BCUT2D eigenvalue weighted by atomic mass is 16.4. The summed E-state index contributed by atoms with van der Waals surface area (Å²) in [5, 5.41) is 9.15. The van der Waals surface area contributed by atoms with Crippen molar-refractivity contribution in [2.24, 2.45) is 0 Å². The molecule has 16 heavy (non-hydrogen) atoms. The van der Waals surface area contributed by atoms with E-state index in [1.165, 1.54) is 0 Å². The first-order valence-electron chi connectivity index (χ1n) is 5.50. The van der Waals surface area contributed by atoms with Gasteiger partial charge in [0.15, 0.2) is 0 Å². The van der Waals surface area contributed by atoms with Crippen molar-refractivity contribution >= 4 is 11.7 Å². The number of aryl methyl sites for hydroxylation is 2. The number of carboxylic acids is 1. The lowest BCUT2D eigenvalue weighted by molar-refractivity contribution is -0.138. The van der Waals surface area contributed by atoms with E-state index in [0.717, 1.165) is 16.8 Å². The zero-order chi connectivity index (χ0) is 12.3. The highest BCUT2D eigenvalue weighted by Gasteiger charge is 2.22. The quantitative estimate of drug-likeness (QED) is 0.849. The minimum atomic E-state index is -0.771. The van der Waals surface area contributed by atoms with Gasteiger partial charge in [0.1, 0.15) is 6.04 Å². The minimum absolute atomic E-state index is 0.459. The summed E-state index contributed by atoms with van der Waals surface area (Å²) in [4.78, 5) is 13.0. The fourth-order valence-corrected chi connectivity index (χ4v) is 2.13. The van der Waals surface area contributed by atoms with Crippen LogP contribution in [-0.4, -0.2) is 24.2 Å². The van der Waals surface area contributed by atoms with Crippen LogP contribution in [0.5, 0.6) is 0 Å². The number of rotatable bonds is 4. The molecule has 3 heteroatoms. The summed E-state index contributed by atoms with van der Waals surface area (Å²) < 4.78 is 0. The van der Waals surface area contributed by atoms with Crippen molar-refractivity contribution in [1.29, 1.82) is 0 Å². The number of anilines is 1. The summed E-state index contributed by atoms with van der Waals surface area (Å²) in [7, 11) is 1.84. The average Bonchev–Trinajstić information content (AvgIpc) is 2.17. The molecule has 0 saturated heterocycles. The van der Waals surface area contributed by atoms with Gasteiger partial charge in [-0.3, -0.25) is 0 Å². The number of hydrogen-bond donors (Lipinski definition) is 1. The van der Waals surface area contributed by atoms with Crippen LogP contribution < -0.4 is 4.90 Å². The van der Waals surface area contributed by atoms with Crippen LogP contribution in [0.4, 0.5) is 5.69 Å². The largest absolute Gasteiger partial charge is 0.480 e. The molecule has 88 valence electrons. The number of carbonyl (C=O) groups is 1. The van der Waals surface area contributed by atoms with Gasteiger partial charge in [0.2, 0.25) is 0 Å². The van der Waals surface area contributed by atoms with E-state index in [1.54, 1.807) is 0 Å². The summed E-state index contributed by atoms with van der Waals surface area (Å²) in [5.41, 5.74) is 3.25. The Hall–Kier alpha value is -1.51.